The molecular weight excluding hydrogens is 611 g/mol. The molecule has 3 aromatic heterocycles. The van der Waals surface area contributed by atoms with Gasteiger partial charge in [-0.1, -0.05) is 17.7 Å². The molecule has 2 N–H and O–H groups in total. The van der Waals surface area contributed by atoms with Crippen molar-refractivity contribution >= 4 is 29.1 Å². The molecule has 2 aliphatic heterocycles. The Labute approximate surface area is 262 Å². The number of halogens is 4. The molecule has 236 valence electrons. The summed E-state index contributed by atoms with van der Waals surface area (Å²) in [6, 6.07) is 2.37. The molecule has 4 atom stereocenters. The Kier molecular flexibility index (Phi) is 8.71. The highest BCUT2D eigenvalue weighted by atomic mass is 35.5. The third kappa shape index (κ3) is 6.22. The summed E-state index contributed by atoms with van der Waals surface area (Å²) in [7, 11) is 0. The number of rotatable bonds is 9. The summed E-state index contributed by atoms with van der Waals surface area (Å²) in [6.07, 6.45) is 7.42. The first kappa shape index (κ1) is 30.9. The van der Waals surface area contributed by atoms with Crippen LogP contribution in [0.3, 0.4) is 0 Å². The summed E-state index contributed by atoms with van der Waals surface area (Å²) in [5.74, 6) is -1.11. The van der Waals surface area contributed by atoms with Crippen LogP contribution in [0.5, 0.6) is 0 Å². The van der Waals surface area contributed by atoms with Crippen LogP contribution in [0.2, 0.25) is 5.02 Å². The maximum atomic E-state index is 14.7. The zero-order chi connectivity index (χ0) is 31.8. The van der Waals surface area contributed by atoms with Crippen LogP contribution in [0.15, 0.2) is 49.3 Å². The molecule has 15 heteroatoms. The Morgan fingerprint density at radius 3 is 2.53 bits per heavy atom. The second-order valence-electron chi connectivity index (χ2n) is 11.3. The van der Waals surface area contributed by atoms with E-state index >= 15 is 0 Å². The minimum absolute atomic E-state index is 0.212. The lowest BCUT2D eigenvalue weighted by Gasteiger charge is -2.47. The fraction of sp³-hybridized carbons (Fsp3) is 0.400. The van der Waals surface area contributed by atoms with Crippen molar-refractivity contribution in [1.82, 2.24) is 34.6 Å². The van der Waals surface area contributed by atoms with Crippen molar-refractivity contribution in [3.63, 3.8) is 0 Å². The monoisotopic (exact) mass is 641 g/mol. The summed E-state index contributed by atoms with van der Waals surface area (Å²) < 4.78 is 43.5. The van der Waals surface area contributed by atoms with Crippen molar-refractivity contribution in [2.24, 2.45) is 0 Å². The van der Waals surface area contributed by atoms with E-state index in [2.05, 4.69) is 47.1 Å². The molecule has 45 heavy (non-hydrogen) atoms. The third-order valence-corrected chi connectivity index (χ3v) is 8.82. The number of carbonyl (C=O) groups excluding carboxylic acids is 1. The smallest absolute Gasteiger partial charge is 0.275 e. The predicted octanol–water partition coefficient (Wildman–Crippen LogP) is 4.76. The molecule has 5 heterocycles. The molecule has 6 rings (SSSR count). The molecule has 0 spiro atoms. The lowest BCUT2D eigenvalue weighted by atomic mass is 9.95. The largest absolute Gasteiger partial charge is 0.392 e. The summed E-state index contributed by atoms with van der Waals surface area (Å²) >= 11 is 5.82. The number of aliphatic hydroxyl groups is 1. The van der Waals surface area contributed by atoms with Gasteiger partial charge in [0.2, 0.25) is 5.95 Å². The lowest BCUT2D eigenvalue weighted by molar-refractivity contribution is 0.102. The highest BCUT2D eigenvalue weighted by molar-refractivity contribution is 6.31. The van der Waals surface area contributed by atoms with Gasteiger partial charge in [0.05, 0.1) is 47.1 Å². The van der Waals surface area contributed by atoms with Crippen LogP contribution in [0, 0.1) is 5.82 Å². The number of β-amino-alcohol motifs (C(OH)–C–C–N with tert-alkyl or cyclic N) is 1. The molecule has 0 saturated carbocycles. The molecule has 0 aliphatic carbocycles. The summed E-state index contributed by atoms with van der Waals surface area (Å²) in [5, 5.41) is 16.6. The number of benzene rings is 1. The van der Waals surface area contributed by atoms with Gasteiger partial charge < -0.3 is 15.3 Å². The van der Waals surface area contributed by atoms with Crippen LogP contribution >= 0.6 is 11.6 Å². The van der Waals surface area contributed by atoms with E-state index in [0.29, 0.717) is 18.2 Å². The number of anilines is 2. The second kappa shape index (κ2) is 12.7. The molecule has 0 bridgehead atoms. The van der Waals surface area contributed by atoms with Crippen LogP contribution in [0.25, 0.3) is 11.3 Å². The topological polar surface area (TPSA) is 125 Å². The number of nitrogens with one attached hydrogen (secondary N) is 1. The van der Waals surface area contributed by atoms with Gasteiger partial charge in [0, 0.05) is 67.0 Å². The van der Waals surface area contributed by atoms with E-state index in [1.165, 1.54) is 6.20 Å². The van der Waals surface area contributed by atoms with Crippen molar-refractivity contribution < 1.29 is 23.1 Å². The molecule has 11 nitrogen and oxygen atoms in total. The van der Waals surface area contributed by atoms with E-state index in [0.717, 1.165) is 56.0 Å². The van der Waals surface area contributed by atoms with Gasteiger partial charge in [-0.15, -0.1) is 0 Å². The van der Waals surface area contributed by atoms with E-state index in [9.17, 15) is 23.1 Å². The number of aromatic nitrogens is 6. The minimum Gasteiger partial charge on any atom is -0.392 e. The van der Waals surface area contributed by atoms with Crippen LogP contribution in [-0.2, 0) is 0 Å². The number of amides is 1. The van der Waals surface area contributed by atoms with E-state index < -0.39 is 29.3 Å². The zero-order valence-electron chi connectivity index (χ0n) is 24.5. The molecule has 1 amide bonds. The van der Waals surface area contributed by atoms with Gasteiger partial charge in [0.25, 0.3) is 12.3 Å². The number of alkyl halides is 2. The van der Waals surface area contributed by atoms with Gasteiger partial charge in [-0.2, -0.15) is 5.10 Å². The van der Waals surface area contributed by atoms with Gasteiger partial charge in [-0.25, -0.2) is 28.1 Å². The van der Waals surface area contributed by atoms with Crippen molar-refractivity contribution in [2.75, 3.05) is 29.9 Å². The van der Waals surface area contributed by atoms with Gasteiger partial charge in [0.15, 0.2) is 5.82 Å². The van der Waals surface area contributed by atoms with Crippen LogP contribution < -0.4 is 10.2 Å². The average Bonchev–Trinajstić information content (AvgIpc) is 3.67. The summed E-state index contributed by atoms with van der Waals surface area (Å²) in [6.45, 7) is 6.56. The van der Waals surface area contributed by atoms with E-state index in [1.54, 1.807) is 23.3 Å². The van der Waals surface area contributed by atoms with Crippen LogP contribution in [0.4, 0.5) is 24.8 Å². The van der Waals surface area contributed by atoms with Crippen LogP contribution in [-0.4, -0.2) is 83.5 Å². The number of aliphatic hydroxyl groups excluding tert-OH is 1. The Morgan fingerprint density at radius 2 is 1.87 bits per heavy atom. The second-order valence-corrected chi connectivity index (χ2v) is 11.7. The molecule has 4 aromatic rings. The zero-order valence-corrected chi connectivity index (χ0v) is 25.2. The molecule has 2 fully saturated rings. The maximum absolute atomic E-state index is 14.7. The molecule has 0 radical (unpaired) electrons. The van der Waals surface area contributed by atoms with Crippen molar-refractivity contribution in [3.05, 3.63) is 77.0 Å². The Bertz CT molecular complexity index is 1690. The normalized spacial score (nSPS) is 19.9. The fourth-order valence-corrected chi connectivity index (χ4v) is 5.96. The summed E-state index contributed by atoms with van der Waals surface area (Å²) in [5.41, 5.74) is -0.429. The molecule has 2 aliphatic rings. The summed E-state index contributed by atoms with van der Waals surface area (Å²) in [4.78, 5) is 34.7. The van der Waals surface area contributed by atoms with Crippen molar-refractivity contribution in [1.29, 1.82) is 0 Å². The standard InChI is InChI=1S/C30H31ClF3N9O2/c1-16(18-9-36-30(37-10-18)42-8-6-25(42)17(2)41-7-5-20(44)15-41)43-14-19(11-38-43)39-29(45)24-13-35-12-23(40-24)26-21(28(33)34)3-4-22(31)27(26)32/h3-4,9-14,16-17,20,25,28,44H,5-8,15H2,1-2H3,(H,39,45)/t16?,17?,20-,25-/m0/s1. The molecule has 2 unspecified atom stereocenters. The first-order chi connectivity index (χ1) is 21.6. The van der Waals surface area contributed by atoms with Gasteiger partial charge in [0.1, 0.15) is 5.69 Å². The van der Waals surface area contributed by atoms with Gasteiger partial charge in [-0.3, -0.25) is 19.4 Å². The number of likely N-dealkylation sites (tertiary alicyclic amines) is 1. The van der Waals surface area contributed by atoms with Gasteiger partial charge in [-0.05, 0) is 32.8 Å². The first-order valence-electron chi connectivity index (χ1n) is 14.6. The Hall–Kier alpha value is -4.14. The third-order valence-electron chi connectivity index (χ3n) is 8.53. The quantitative estimate of drug-likeness (QED) is 0.266. The van der Waals surface area contributed by atoms with Gasteiger partial charge >= 0.3 is 0 Å². The van der Waals surface area contributed by atoms with Crippen molar-refractivity contribution in [3.8, 4) is 11.3 Å². The minimum atomic E-state index is -2.99. The van der Waals surface area contributed by atoms with E-state index in [1.807, 2.05) is 6.92 Å². The number of hydrogen-bond acceptors (Lipinski definition) is 9. The van der Waals surface area contributed by atoms with Crippen molar-refractivity contribution in [2.45, 2.75) is 57.3 Å². The fourth-order valence-electron chi connectivity index (χ4n) is 5.80. The maximum Gasteiger partial charge on any atom is 0.275 e. The Balaban J connectivity index is 1.11. The number of hydrogen-bond donors (Lipinski definition) is 2. The van der Waals surface area contributed by atoms with E-state index in [-0.39, 0.29) is 40.6 Å². The van der Waals surface area contributed by atoms with E-state index in [4.69, 9.17) is 11.6 Å². The number of nitrogens with zero attached hydrogens (tertiary/aromatic N) is 8. The molecule has 2 saturated heterocycles. The average molecular weight is 642 g/mol. The molecular formula is C30H31ClF3N9O2. The van der Waals surface area contributed by atoms with Crippen LogP contribution in [0.1, 0.15) is 60.8 Å². The SMILES string of the molecule is CC([C@@H]1CCN1c1ncc(C(C)n2cc(NC(=O)c3cncc(-c4c(C(F)F)ccc(Cl)c4F)n3)cn2)cn1)N1CC[C@H](O)C1. The highest BCUT2D eigenvalue weighted by Gasteiger charge is 2.39. The molecule has 1 aromatic carbocycles. The lowest BCUT2D eigenvalue weighted by Crippen LogP contribution is -2.58. The predicted molar refractivity (Wildman–Crippen MR) is 161 cm³/mol. The number of carbonyl (C=O) groups is 1. The first-order valence-corrected chi connectivity index (χ1v) is 14.9. The highest BCUT2D eigenvalue weighted by Crippen LogP contribution is 2.35. The Morgan fingerprint density at radius 1 is 1.09 bits per heavy atom.